The van der Waals surface area contributed by atoms with Crippen LogP contribution in [0.3, 0.4) is 0 Å². The molecule has 6 nitrogen and oxygen atoms in total. The molecule has 1 unspecified atom stereocenters. The van der Waals surface area contributed by atoms with E-state index >= 15 is 0 Å². The summed E-state index contributed by atoms with van der Waals surface area (Å²) in [6, 6.07) is 18.6. The summed E-state index contributed by atoms with van der Waals surface area (Å²) >= 11 is 3.52. The molecule has 5 rings (SSSR count). The number of methoxy groups -OCH3 is 1. The number of benzene rings is 3. The van der Waals surface area contributed by atoms with Crippen LogP contribution < -0.4 is 15.0 Å². The Hall–Kier alpha value is -3.58. The fourth-order valence-corrected chi connectivity index (χ4v) is 6.09. The molecule has 0 spiro atoms. The van der Waals surface area contributed by atoms with Gasteiger partial charge < -0.3 is 15.0 Å². The van der Waals surface area contributed by atoms with Gasteiger partial charge in [0.2, 0.25) is 11.8 Å². The van der Waals surface area contributed by atoms with Crippen LogP contribution in [-0.4, -0.2) is 29.9 Å². The van der Waals surface area contributed by atoms with Crippen LogP contribution in [0.15, 0.2) is 71.3 Å². The SMILES string of the molecule is COc1ccc(C(C(=O)NC2CCCCC2)N(C(=O)Cc2c[nH]c3ccccc23)c2ccc(Br)cc2)c(C)c1C. The maximum absolute atomic E-state index is 14.4. The Bertz CT molecular complexity index is 1510. The fourth-order valence-electron chi connectivity index (χ4n) is 5.82. The Kier molecular flexibility index (Phi) is 8.60. The van der Waals surface area contributed by atoms with Crippen LogP contribution in [0, 0.1) is 13.8 Å². The van der Waals surface area contributed by atoms with Crippen LogP contribution in [0.25, 0.3) is 10.9 Å². The number of rotatable bonds is 8. The first-order valence-electron chi connectivity index (χ1n) is 13.9. The van der Waals surface area contributed by atoms with Crippen molar-refractivity contribution in [1.29, 1.82) is 0 Å². The predicted molar refractivity (Wildman–Crippen MR) is 164 cm³/mol. The van der Waals surface area contributed by atoms with E-state index in [-0.39, 0.29) is 24.3 Å². The second-order valence-electron chi connectivity index (χ2n) is 10.6. The molecule has 7 heteroatoms. The van der Waals surface area contributed by atoms with E-state index in [9.17, 15) is 9.59 Å². The number of hydrogen-bond donors (Lipinski definition) is 2. The van der Waals surface area contributed by atoms with Gasteiger partial charge >= 0.3 is 0 Å². The molecule has 1 atom stereocenters. The number of nitrogens with one attached hydrogen (secondary N) is 2. The highest BCUT2D eigenvalue weighted by atomic mass is 79.9. The van der Waals surface area contributed by atoms with Gasteiger partial charge in [0.25, 0.3) is 0 Å². The second kappa shape index (κ2) is 12.3. The van der Waals surface area contributed by atoms with Gasteiger partial charge in [0.05, 0.1) is 13.5 Å². The van der Waals surface area contributed by atoms with Crippen molar-refractivity contribution in [2.75, 3.05) is 12.0 Å². The van der Waals surface area contributed by atoms with Crippen LogP contribution in [-0.2, 0) is 16.0 Å². The van der Waals surface area contributed by atoms with E-state index in [1.54, 1.807) is 12.0 Å². The van der Waals surface area contributed by atoms with Crippen molar-refractivity contribution in [3.63, 3.8) is 0 Å². The lowest BCUT2D eigenvalue weighted by Crippen LogP contribution is -2.48. The zero-order valence-corrected chi connectivity index (χ0v) is 24.9. The molecule has 2 amide bonds. The molecule has 3 aromatic carbocycles. The third-order valence-corrected chi connectivity index (χ3v) is 8.67. The number of H-pyrrole nitrogens is 1. The molecular weight excluding hydrogens is 566 g/mol. The first kappa shape index (κ1) is 28.0. The van der Waals surface area contributed by atoms with Gasteiger partial charge in [-0.1, -0.05) is 59.5 Å². The number of carbonyl (C=O) groups is 2. The lowest BCUT2D eigenvalue weighted by atomic mass is 9.92. The fraction of sp³-hybridized carbons (Fsp3) is 0.333. The van der Waals surface area contributed by atoms with Crippen molar-refractivity contribution in [1.82, 2.24) is 10.3 Å². The first-order chi connectivity index (χ1) is 19.4. The number of aromatic nitrogens is 1. The minimum atomic E-state index is -0.842. The van der Waals surface area contributed by atoms with Gasteiger partial charge in [-0.25, -0.2) is 0 Å². The average Bonchev–Trinajstić information content (AvgIpc) is 3.37. The number of carbonyl (C=O) groups excluding carboxylic acids is 2. The third kappa shape index (κ3) is 5.80. The highest BCUT2D eigenvalue weighted by Gasteiger charge is 2.35. The van der Waals surface area contributed by atoms with Gasteiger partial charge in [0, 0.05) is 33.3 Å². The number of para-hydroxylation sites is 1. The number of nitrogens with zero attached hydrogens (tertiary/aromatic N) is 1. The minimum absolute atomic E-state index is 0.110. The summed E-state index contributed by atoms with van der Waals surface area (Å²) in [4.78, 5) is 33.6. The number of amides is 2. The van der Waals surface area contributed by atoms with Crippen LogP contribution in [0.4, 0.5) is 5.69 Å². The Morgan fingerprint density at radius 1 is 1.00 bits per heavy atom. The van der Waals surface area contributed by atoms with Gasteiger partial charge in [-0.2, -0.15) is 0 Å². The van der Waals surface area contributed by atoms with Gasteiger partial charge in [0.15, 0.2) is 0 Å². The maximum Gasteiger partial charge on any atom is 0.248 e. The quantitative estimate of drug-likeness (QED) is 0.222. The Balaban J connectivity index is 1.61. The van der Waals surface area contributed by atoms with E-state index in [0.717, 1.165) is 69.1 Å². The average molecular weight is 603 g/mol. The summed E-state index contributed by atoms with van der Waals surface area (Å²) < 4.78 is 6.47. The molecule has 0 aliphatic heterocycles. The topological polar surface area (TPSA) is 74.4 Å². The summed E-state index contributed by atoms with van der Waals surface area (Å²) in [6.07, 6.45) is 7.37. The minimum Gasteiger partial charge on any atom is -0.496 e. The van der Waals surface area contributed by atoms with E-state index in [1.807, 2.05) is 80.7 Å². The lowest BCUT2D eigenvalue weighted by Gasteiger charge is -2.34. The van der Waals surface area contributed by atoms with Crippen molar-refractivity contribution in [2.24, 2.45) is 0 Å². The summed E-state index contributed by atoms with van der Waals surface area (Å²) in [6.45, 7) is 3.99. The highest BCUT2D eigenvalue weighted by Crippen LogP contribution is 2.35. The number of hydrogen-bond acceptors (Lipinski definition) is 3. The van der Waals surface area contributed by atoms with Gasteiger partial charge in [0.1, 0.15) is 11.8 Å². The van der Waals surface area contributed by atoms with Gasteiger partial charge in [-0.3, -0.25) is 14.5 Å². The zero-order valence-electron chi connectivity index (χ0n) is 23.3. The highest BCUT2D eigenvalue weighted by molar-refractivity contribution is 9.10. The molecule has 40 heavy (non-hydrogen) atoms. The predicted octanol–water partition coefficient (Wildman–Crippen LogP) is 7.32. The monoisotopic (exact) mass is 601 g/mol. The van der Waals surface area contributed by atoms with Crippen molar-refractivity contribution in [3.05, 3.63) is 93.6 Å². The molecule has 0 radical (unpaired) electrons. The van der Waals surface area contributed by atoms with Crippen LogP contribution in [0.1, 0.15) is 60.4 Å². The summed E-state index contributed by atoms with van der Waals surface area (Å²) in [7, 11) is 1.65. The van der Waals surface area contributed by atoms with E-state index in [1.165, 1.54) is 6.42 Å². The molecule has 2 N–H and O–H groups in total. The number of fused-ring (bicyclic) bond motifs is 1. The Labute approximate surface area is 244 Å². The standard InChI is InChI=1S/C33H36BrN3O3/c1-21-22(2)30(40-3)18-17-27(21)32(33(39)36-25-9-5-4-6-10-25)37(26-15-13-24(34)14-16-26)31(38)19-23-20-35-29-12-8-7-11-28(23)29/h7-8,11-18,20,25,32,35H,4-6,9-10,19H2,1-3H3,(H,36,39). The molecule has 1 heterocycles. The van der Waals surface area contributed by atoms with E-state index in [4.69, 9.17) is 4.74 Å². The van der Waals surface area contributed by atoms with E-state index < -0.39 is 6.04 Å². The van der Waals surface area contributed by atoms with Crippen LogP contribution >= 0.6 is 15.9 Å². The van der Waals surface area contributed by atoms with Crippen LogP contribution in [0.5, 0.6) is 5.75 Å². The molecule has 208 valence electrons. The third-order valence-electron chi connectivity index (χ3n) is 8.14. The van der Waals surface area contributed by atoms with E-state index in [2.05, 4.69) is 26.2 Å². The first-order valence-corrected chi connectivity index (χ1v) is 14.7. The lowest BCUT2D eigenvalue weighted by molar-refractivity contribution is -0.127. The molecule has 1 aliphatic carbocycles. The molecule has 4 aromatic rings. The van der Waals surface area contributed by atoms with Crippen molar-refractivity contribution in [2.45, 2.75) is 64.5 Å². The normalized spacial score (nSPS) is 14.6. The van der Waals surface area contributed by atoms with Gasteiger partial charge in [-0.15, -0.1) is 0 Å². The van der Waals surface area contributed by atoms with Crippen molar-refractivity contribution >= 4 is 44.3 Å². The van der Waals surface area contributed by atoms with Gasteiger partial charge in [-0.05, 0) is 85.3 Å². The molecule has 1 aliphatic rings. The number of ether oxygens (including phenoxy) is 1. The Morgan fingerprint density at radius 3 is 2.45 bits per heavy atom. The molecule has 0 bridgehead atoms. The molecule has 1 aromatic heterocycles. The van der Waals surface area contributed by atoms with Crippen molar-refractivity contribution in [3.8, 4) is 5.75 Å². The second-order valence-corrected chi connectivity index (χ2v) is 11.5. The number of aromatic amines is 1. The number of halogens is 1. The smallest absolute Gasteiger partial charge is 0.248 e. The van der Waals surface area contributed by atoms with Crippen molar-refractivity contribution < 1.29 is 14.3 Å². The molecular formula is C33H36BrN3O3. The molecule has 1 fully saturated rings. The maximum atomic E-state index is 14.4. The largest absolute Gasteiger partial charge is 0.496 e. The Morgan fingerprint density at radius 2 is 1.73 bits per heavy atom. The molecule has 0 saturated heterocycles. The van der Waals surface area contributed by atoms with E-state index in [0.29, 0.717) is 5.69 Å². The summed E-state index contributed by atoms with van der Waals surface area (Å²) in [5.41, 5.74) is 5.23. The zero-order chi connectivity index (χ0) is 28.2. The van der Waals surface area contributed by atoms with Crippen LogP contribution in [0.2, 0.25) is 0 Å². The molecule has 1 saturated carbocycles. The summed E-state index contributed by atoms with van der Waals surface area (Å²) in [5, 5.41) is 4.32. The summed E-state index contributed by atoms with van der Waals surface area (Å²) in [5.74, 6) is 0.450. The number of anilines is 1.